The minimum Gasteiger partial charge on any atom is -0.466 e. The number of hydrogen-bond acceptors (Lipinski definition) is 5. The highest BCUT2D eigenvalue weighted by Gasteiger charge is 2.31. The Kier molecular flexibility index (Phi) is 6.84. The Morgan fingerprint density at radius 1 is 1.00 bits per heavy atom. The second-order valence-corrected chi connectivity index (χ2v) is 9.26. The van der Waals surface area contributed by atoms with Crippen LogP contribution in [0, 0.1) is 5.92 Å². The van der Waals surface area contributed by atoms with E-state index in [-0.39, 0.29) is 17.8 Å². The molecule has 0 bridgehead atoms. The summed E-state index contributed by atoms with van der Waals surface area (Å²) < 4.78 is 13.2. The van der Waals surface area contributed by atoms with Gasteiger partial charge in [0.05, 0.1) is 12.5 Å². The Balaban J connectivity index is 1.23. The van der Waals surface area contributed by atoms with E-state index >= 15 is 0 Å². The number of hydrogen-bond donors (Lipinski definition) is 0. The summed E-state index contributed by atoms with van der Waals surface area (Å²) in [5.41, 5.74) is 1.72. The van der Waals surface area contributed by atoms with Crippen molar-refractivity contribution in [2.45, 2.75) is 45.1 Å². The molecule has 0 radical (unpaired) electrons. The maximum absolute atomic E-state index is 13.2. The maximum Gasteiger partial charge on any atom is 0.310 e. The highest BCUT2D eigenvalue weighted by atomic mass is 16.5. The van der Waals surface area contributed by atoms with Gasteiger partial charge in [0.2, 0.25) is 0 Å². The molecule has 182 valence electrons. The summed E-state index contributed by atoms with van der Waals surface area (Å²) >= 11 is 0. The zero-order valence-corrected chi connectivity index (χ0v) is 20.1. The number of rotatable bonds is 6. The van der Waals surface area contributed by atoms with E-state index in [2.05, 4.69) is 21.7 Å². The van der Waals surface area contributed by atoms with Gasteiger partial charge in [0.25, 0.3) is 5.91 Å². The minimum absolute atomic E-state index is 0.0973. The molecule has 0 saturated carbocycles. The van der Waals surface area contributed by atoms with E-state index in [9.17, 15) is 9.59 Å². The number of amides is 1. The van der Waals surface area contributed by atoms with E-state index in [1.165, 1.54) is 5.56 Å². The predicted molar refractivity (Wildman–Crippen MR) is 132 cm³/mol. The van der Waals surface area contributed by atoms with Gasteiger partial charge in [0.15, 0.2) is 0 Å². The van der Waals surface area contributed by atoms with Crippen molar-refractivity contribution in [2.75, 3.05) is 19.7 Å². The van der Waals surface area contributed by atoms with Gasteiger partial charge < -0.3 is 18.9 Å². The van der Waals surface area contributed by atoms with Crippen LogP contribution in [0.3, 0.4) is 0 Å². The lowest BCUT2D eigenvalue weighted by atomic mass is 9.91. The number of piperidine rings is 1. The summed E-state index contributed by atoms with van der Waals surface area (Å²) in [7, 11) is 0. The lowest BCUT2D eigenvalue weighted by molar-refractivity contribution is -0.149. The minimum atomic E-state index is -0.247. The molecule has 1 amide bonds. The molecular formula is C28H31N3O4. The van der Waals surface area contributed by atoms with Crippen LogP contribution in [0.5, 0.6) is 11.5 Å². The van der Waals surface area contributed by atoms with E-state index in [4.69, 9.17) is 9.47 Å². The van der Waals surface area contributed by atoms with Crippen LogP contribution >= 0.6 is 0 Å². The number of aromatic nitrogens is 2. The van der Waals surface area contributed by atoms with Gasteiger partial charge in [-0.2, -0.15) is 0 Å². The Bertz CT molecular complexity index is 1170. The molecule has 3 aromatic rings. The van der Waals surface area contributed by atoms with Crippen LogP contribution in [-0.2, 0) is 22.5 Å². The zero-order chi connectivity index (χ0) is 24.2. The summed E-state index contributed by atoms with van der Waals surface area (Å²) in [5, 5.41) is 0. The number of carbonyl (C=O) groups is 2. The van der Waals surface area contributed by atoms with Gasteiger partial charge in [-0.05, 0) is 56.0 Å². The molecule has 0 N–H and O–H groups in total. The van der Waals surface area contributed by atoms with Gasteiger partial charge in [0.1, 0.15) is 23.0 Å². The van der Waals surface area contributed by atoms with Crippen LogP contribution in [0.15, 0.2) is 60.8 Å². The second-order valence-electron chi connectivity index (χ2n) is 9.26. The molecule has 7 heteroatoms. The Labute approximate surface area is 205 Å². The van der Waals surface area contributed by atoms with Crippen molar-refractivity contribution in [3.8, 4) is 11.5 Å². The fraction of sp³-hybridized carbons (Fsp3) is 0.393. The third-order valence-corrected chi connectivity index (χ3v) is 6.87. The molecule has 0 unspecified atom stereocenters. The van der Waals surface area contributed by atoms with Crippen LogP contribution in [0.25, 0.3) is 0 Å². The van der Waals surface area contributed by atoms with Gasteiger partial charge in [-0.25, -0.2) is 4.98 Å². The molecule has 2 aliphatic rings. The van der Waals surface area contributed by atoms with E-state index < -0.39 is 0 Å². The number of benzene rings is 2. The largest absolute Gasteiger partial charge is 0.466 e. The summed E-state index contributed by atoms with van der Waals surface area (Å²) in [5.74, 6) is 2.39. The molecule has 3 heterocycles. The number of aryl methyl sites for hydroxylation is 1. The number of carbonyl (C=O) groups excluding carboxylic acids is 2. The normalized spacial score (nSPS) is 19.6. The monoisotopic (exact) mass is 473 g/mol. The number of para-hydroxylation sites is 1. The number of fused-ring (bicyclic) bond motifs is 1. The van der Waals surface area contributed by atoms with E-state index in [0.29, 0.717) is 31.3 Å². The van der Waals surface area contributed by atoms with Crippen molar-refractivity contribution < 1.29 is 19.1 Å². The Hall–Kier alpha value is -3.61. The van der Waals surface area contributed by atoms with Crippen molar-refractivity contribution in [3.05, 3.63) is 77.9 Å². The fourth-order valence-electron chi connectivity index (χ4n) is 5.03. The first-order valence-electron chi connectivity index (χ1n) is 12.5. The zero-order valence-electron chi connectivity index (χ0n) is 20.1. The van der Waals surface area contributed by atoms with Gasteiger partial charge >= 0.3 is 5.97 Å². The first-order valence-corrected chi connectivity index (χ1v) is 12.5. The molecule has 35 heavy (non-hydrogen) atoms. The average molecular weight is 474 g/mol. The van der Waals surface area contributed by atoms with Gasteiger partial charge in [-0.15, -0.1) is 0 Å². The van der Waals surface area contributed by atoms with Crippen molar-refractivity contribution in [2.24, 2.45) is 5.92 Å². The van der Waals surface area contributed by atoms with Crippen molar-refractivity contribution in [3.63, 3.8) is 0 Å². The highest BCUT2D eigenvalue weighted by molar-refractivity contribution is 5.92. The molecule has 1 aromatic heterocycles. The van der Waals surface area contributed by atoms with Crippen LogP contribution in [0.2, 0.25) is 0 Å². The van der Waals surface area contributed by atoms with Crippen molar-refractivity contribution in [1.29, 1.82) is 0 Å². The maximum atomic E-state index is 13.2. The topological polar surface area (TPSA) is 73.7 Å². The predicted octanol–water partition coefficient (Wildman–Crippen LogP) is 4.82. The lowest BCUT2D eigenvalue weighted by Gasteiger charge is -2.31. The second kappa shape index (κ2) is 10.3. The summed E-state index contributed by atoms with van der Waals surface area (Å²) in [6, 6.07) is 18.0. The molecule has 7 nitrogen and oxygen atoms in total. The van der Waals surface area contributed by atoms with E-state index in [0.717, 1.165) is 49.6 Å². The molecule has 2 aromatic carbocycles. The molecule has 0 spiro atoms. The Morgan fingerprint density at radius 2 is 1.77 bits per heavy atom. The van der Waals surface area contributed by atoms with Crippen LogP contribution in [0.4, 0.5) is 0 Å². The molecule has 2 aliphatic heterocycles. The highest BCUT2D eigenvalue weighted by Crippen LogP contribution is 2.31. The van der Waals surface area contributed by atoms with Gasteiger partial charge in [-0.3, -0.25) is 9.59 Å². The van der Waals surface area contributed by atoms with Crippen LogP contribution in [-0.4, -0.2) is 46.0 Å². The smallest absolute Gasteiger partial charge is 0.310 e. The first kappa shape index (κ1) is 23.1. The number of esters is 1. The van der Waals surface area contributed by atoms with E-state index in [1.54, 1.807) is 11.8 Å². The number of nitrogens with zero attached hydrogens (tertiary/aromatic N) is 3. The van der Waals surface area contributed by atoms with Crippen molar-refractivity contribution >= 4 is 11.9 Å². The number of likely N-dealkylation sites (tertiary alicyclic amines) is 1. The standard InChI is InChI=1S/C28H31N3O4/c1-2-34-28(33)22-7-6-16-30(18-22)27(32)25-19-31-17-21(12-15-26(31)29-25)20-10-13-24(14-11-20)35-23-8-4-3-5-9-23/h3-5,8-11,13-14,19,21-22H,2,6-7,12,15-18H2,1H3/t21-,22-/m1/s1. The third kappa shape index (κ3) is 5.24. The first-order chi connectivity index (χ1) is 17.1. The lowest BCUT2D eigenvalue weighted by Crippen LogP contribution is -2.43. The summed E-state index contributed by atoms with van der Waals surface area (Å²) in [6.45, 7) is 4.01. The summed E-state index contributed by atoms with van der Waals surface area (Å²) in [6.07, 6.45) is 5.25. The summed E-state index contributed by atoms with van der Waals surface area (Å²) in [4.78, 5) is 31.7. The number of imidazole rings is 1. The molecular weight excluding hydrogens is 442 g/mol. The molecule has 0 aliphatic carbocycles. The van der Waals surface area contributed by atoms with Crippen LogP contribution in [0.1, 0.15) is 54.0 Å². The molecule has 1 saturated heterocycles. The number of ether oxygens (including phenoxy) is 2. The molecule has 2 atom stereocenters. The molecule has 1 fully saturated rings. The fourth-order valence-corrected chi connectivity index (χ4v) is 5.03. The van der Waals surface area contributed by atoms with Crippen LogP contribution < -0.4 is 4.74 Å². The SMILES string of the molecule is CCOC(=O)[C@@H]1CCCN(C(=O)c2cn3c(n2)CC[C@@H](c2ccc(Oc4ccccc4)cc2)C3)C1. The van der Waals surface area contributed by atoms with Gasteiger partial charge in [-0.1, -0.05) is 30.3 Å². The van der Waals surface area contributed by atoms with Gasteiger partial charge in [0, 0.05) is 38.2 Å². The quantitative estimate of drug-likeness (QED) is 0.480. The Morgan fingerprint density at radius 3 is 2.54 bits per heavy atom. The van der Waals surface area contributed by atoms with Crippen molar-refractivity contribution in [1.82, 2.24) is 14.5 Å². The van der Waals surface area contributed by atoms with E-state index in [1.807, 2.05) is 48.7 Å². The third-order valence-electron chi connectivity index (χ3n) is 6.87. The average Bonchev–Trinajstić information content (AvgIpc) is 3.33. The molecule has 5 rings (SSSR count).